The number of alkyl carbamates (subject to hydrolysis) is 1. The molecule has 12 nitrogen and oxygen atoms in total. The molecule has 4 atom stereocenters. The van der Waals surface area contributed by atoms with E-state index >= 15 is 0 Å². The minimum Gasteiger partial charge on any atom is -0.496 e. The summed E-state index contributed by atoms with van der Waals surface area (Å²) in [4.78, 5) is 73.1. The maximum Gasteiger partial charge on any atom is 0.408 e. The van der Waals surface area contributed by atoms with Crippen LogP contribution in [0.1, 0.15) is 97.3 Å². The topological polar surface area (TPSA) is 167 Å². The summed E-state index contributed by atoms with van der Waals surface area (Å²) >= 11 is 0. The van der Waals surface area contributed by atoms with Gasteiger partial charge in [0.25, 0.3) is 5.91 Å². The highest BCUT2D eigenvalue weighted by atomic mass is 16.7. The van der Waals surface area contributed by atoms with Crippen molar-refractivity contribution in [3.05, 3.63) is 28.8 Å². The van der Waals surface area contributed by atoms with E-state index in [1.807, 2.05) is 32.9 Å². The molecule has 12 heteroatoms. The number of likely N-dealkylation sites (tertiary alicyclic amines) is 1. The second-order valence-electron chi connectivity index (χ2n) is 14.6. The minimum atomic E-state index is -1.10. The van der Waals surface area contributed by atoms with Gasteiger partial charge in [0.05, 0.1) is 25.4 Å². The minimum absolute atomic E-state index is 0.0220. The quantitative estimate of drug-likeness (QED) is 0.340. The Morgan fingerprint density at radius 1 is 1.11 bits per heavy atom. The van der Waals surface area contributed by atoms with Crippen LogP contribution >= 0.6 is 0 Å². The fourth-order valence-electron chi connectivity index (χ4n) is 6.27. The lowest BCUT2D eigenvalue weighted by Crippen LogP contribution is -2.57. The number of carbonyl (C=O) groups is 5. The van der Waals surface area contributed by atoms with E-state index in [2.05, 4.69) is 10.5 Å². The van der Waals surface area contributed by atoms with E-state index < -0.39 is 64.1 Å². The number of ether oxygens (including phenoxy) is 2. The average molecular weight is 643 g/mol. The van der Waals surface area contributed by atoms with Crippen molar-refractivity contribution in [1.82, 2.24) is 10.2 Å². The number of hydrogen-bond acceptors (Lipinski definition) is 9. The van der Waals surface area contributed by atoms with E-state index in [-0.39, 0.29) is 19.4 Å². The fourth-order valence-corrected chi connectivity index (χ4v) is 6.27. The third-order valence-electron chi connectivity index (χ3n) is 8.36. The van der Waals surface area contributed by atoms with Gasteiger partial charge in [-0.1, -0.05) is 39.3 Å². The number of ketones is 2. The number of rotatable bonds is 11. The fraction of sp³-hybridized carbons (Fsp3) is 0.647. The number of hydrogen-bond donors (Lipinski definition) is 2. The highest BCUT2D eigenvalue weighted by Gasteiger charge is 2.55. The number of primary amides is 1. The molecule has 254 valence electrons. The van der Waals surface area contributed by atoms with Crippen LogP contribution in [0.2, 0.25) is 0 Å². The third kappa shape index (κ3) is 8.44. The van der Waals surface area contributed by atoms with Gasteiger partial charge in [-0.25, -0.2) is 4.79 Å². The predicted octanol–water partition coefficient (Wildman–Crippen LogP) is 4.15. The molecule has 2 aliphatic rings. The molecule has 0 saturated carbocycles. The summed E-state index contributed by atoms with van der Waals surface area (Å²) in [6.07, 6.45) is 0.270. The molecule has 3 rings (SSSR count). The molecule has 1 aromatic carbocycles. The lowest BCUT2D eigenvalue weighted by molar-refractivity contribution is -0.143. The Labute approximate surface area is 271 Å². The Balaban J connectivity index is 1.98. The average Bonchev–Trinajstić information content (AvgIpc) is 3.52. The molecule has 0 aliphatic carbocycles. The van der Waals surface area contributed by atoms with Gasteiger partial charge in [-0.2, -0.15) is 0 Å². The lowest BCUT2D eigenvalue weighted by Gasteiger charge is -2.36. The van der Waals surface area contributed by atoms with E-state index in [0.29, 0.717) is 25.0 Å². The SMILES string of the molecule is CCC[C@H](CC(=O)[C@@H]1C[C@]2(CC(c3cc(C)c(OC)c(C)c3)=NO2)CN1C(=O)[C@@H](NC(=O)OC(C)(C)C)C(C)(C)C)C(=O)C(N)=O. The second-order valence-corrected chi connectivity index (χ2v) is 14.6. The number of carbonyl (C=O) groups excluding carboxylic acids is 5. The van der Waals surface area contributed by atoms with Crippen LogP contribution in [0.4, 0.5) is 4.79 Å². The zero-order valence-electron chi connectivity index (χ0n) is 28.9. The molecule has 3 N–H and O–H groups in total. The van der Waals surface area contributed by atoms with Gasteiger partial charge < -0.3 is 30.3 Å². The van der Waals surface area contributed by atoms with Crippen LogP contribution in [0.25, 0.3) is 0 Å². The van der Waals surface area contributed by atoms with Crippen molar-refractivity contribution < 1.29 is 38.3 Å². The van der Waals surface area contributed by atoms with Gasteiger partial charge >= 0.3 is 6.09 Å². The second kappa shape index (κ2) is 13.8. The molecule has 2 heterocycles. The first kappa shape index (κ1) is 36.5. The van der Waals surface area contributed by atoms with E-state index in [1.54, 1.807) is 48.7 Å². The first-order chi connectivity index (χ1) is 21.2. The van der Waals surface area contributed by atoms with Gasteiger partial charge in [0.2, 0.25) is 11.7 Å². The number of benzene rings is 1. The number of nitrogens with two attached hydrogens (primary N) is 1. The molecule has 1 saturated heterocycles. The number of amides is 3. The Morgan fingerprint density at radius 3 is 2.22 bits per heavy atom. The summed E-state index contributed by atoms with van der Waals surface area (Å²) in [5.74, 6) is -2.92. The maximum absolute atomic E-state index is 14.4. The molecule has 0 aromatic heterocycles. The molecule has 1 aromatic rings. The van der Waals surface area contributed by atoms with Crippen molar-refractivity contribution in [3.8, 4) is 5.75 Å². The Morgan fingerprint density at radius 2 is 1.72 bits per heavy atom. The van der Waals surface area contributed by atoms with Gasteiger partial charge in [0.15, 0.2) is 11.4 Å². The van der Waals surface area contributed by atoms with Gasteiger partial charge in [-0.3, -0.25) is 19.2 Å². The monoisotopic (exact) mass is 642 g/mol. The van der Waals surface area contributed by atoms with Crippen LogP contribution < -0.4 is 15.8 Å². The highest BCUT2D eigenvalue weighted by Crippen LogP contribution is 2.41. The molecule has 1 spiro atoms. The van der Waals surface area contributed by atoms with Crippen LogP contribution in [0, 0.1) is 25.2 Å². The number of oxime groups is 1. The molecule has 46 heavy (non-hydrogen) atoms. The Hall–Kier alpha value is -3.96. The Bertz CT molecular complexity index is 1380. The molecule has 3 amide bonds. The van der Waals surface area contributed by atoms with Gasteiger partial charge in [0, 0.05) is 30.7 Å². The number of nitrogens with one attached hydrogen (secondary N) is 1. The molecule has 0 radical (unpaired) electrons. The van der Waals surface area contributed by atoms with Crippen molar-refractivity contribution in [1.29, 1.82) is 0 Å². The predicted molar refractivity (Wildman–Crippen MR) is 172 cm³/mol. The van der Waals surface area contributed by atoms with Crippen LogP contribution in [-0.2, 0) is 28.8 Å². The standard InChI is InChI=1S/C34H50N4O8/c1-11-12-21(26(40)29(35)41)15-25(39)24-17-34(16-23(37-46-34)22-13-19(2)27(44-10)20(3)14-22)18-38(24)30(42)28(32(4,5)6)36-31(43)45-33(7,8)9/h13-14,21,24,28H,11-12,15-18H2,1-10H3,(H2,35,41)(H,36,43)/t21-,24+,28-,34-/m1/s1. The largest absolute Gasteiger partial charge is 0.496 e. The number of methoxy groups -OCH3 is 1. The summed E-state index contributed by atoms with van der Waals surface area (Å²) in [6, 6.07) is 1.86. The van der Waals surface area contributed by atoms with Crippen LogP contribution in [0.3, 0.4) is 0 Å². The highest BCUT2D eigenvalue weighted by molar-refractivity contribution is 6.36. The van der Waals surface area contributed by atoms with E-state index in [1.165, 1.54) is 4.90 Å². The van der Waals surface area contributed by atoms with Crippen molar-refractivity contribution in [2.45, 2.75) is 118 Å². The summed E-state index contributed by atoms with van der Waals surface area (Å²) in [5.41, 5.74) is 6.09. The first-order valence-electron chi connectivity index (χ1n) is 15.8. The normalized spacial score (nSPS) is 20.9. The molecular formula is C34H50N4O8. The zero-order chi connectivity index (χ0) is 34.8. The third-order valence-corrected chi connectivity index (χ3v) is 8.36. The van der Waals surface area contributed by atoms with Crippen LogP contribution in [0.5, 0.6) is 5.75 Å². The van der Waals surface area contributed by atoms with Crippen molar-refractivity contribution in [2.24, 2.45) is 22.2 Å². The summed E-state index contributed by atoms with van der Waals surface area (Å²) < 4.78 is 11.0. The van der Waals surface area contributed by atoms with E-state index in [4.69, 9.17) is 20.0 Å². The summed E-state index contributed by atoms with van der Waals surface area (Å²) in [7, 11) is 1.62. The number of Topliss-reactive ketones (excluding diaryl/α,β-unsaturated/α-hetero) is 2. The van der Waals surface area contributed by atoms with Crippen molar-refractivity contribution in [3.63, 3.8) is 0 Å². The smallest absolute Gasteiger partial charge is 0.408 e. The summed E-state index contributed by atoms with van der Waals surface area (Å²) in [6.45, 7) is 16.3. The van der Waals surface area contributed by atoms with E-state index in [0.717, 1.165) is 22.4 Å². The van der Waals surface area contributed by atoms with Crippen LogP contribution in [0.15, 0.2) is 17.3 Å². The van der Waals surface area contributed by atoms with Crippen molar-refractivity contribution in [2.75, 3.05) is 13.7 Å². The Kier molecular flexibility index (Phi) is 11.0. The number of nitrogens with zero attached hydrogens (tertiary/aromatic N) is 2. The number of aryl methyl sites for hydroxylation is 2. The van der Waals surface area contributed by atoms with E-state index in [9.17, 15) is 24.0 Å². The maximum atomic E-state index is 14.4. The van der Waals surface area contributed by atoms with Crippen LogP contribution in [-0.4, -0.2) is 77.0 Å². The first-order valence-corrected chi connectivity index (χ1v) is 15.8. The van der Waals surface area contributed by atoms with Gasteiger partial charge in [0.1, 0.15) is 17.4 Å². The zero-order valence-corrected chi connectivity index (χ0v) is 28.9. The van der Waals surface area contributed by atoms with Crippen molar-refractivity contribution >= 4 is 35.2 Å². The molecule has 1 fully saturated rings. The molecule has 2 aliphatic heterocycles. The van der Waals surface area contributed by atoms with Gasteiger partial charge in [-0.05, 0) is 69.7 Å². The molecule has 0 unspecified atom stereocenters. The molecule has 0 bridgehead atoms. The summed E-state index contributed by atoms with van der Waals surface area (Å²) in [5, 5.41) is 7.13. The lowest BCUT2D eigenvalue weighted by atomic mass is 9.85. The van der Waals surface area contributed by atoms with Gasteiger partial charge in [-0.15, -0.1) is 0 Å². The molecular weight excluding hydrogens is 592 g/mol.